The van der Waals surface area contributed by atoms with Gasteiger partial charge in [0.2, 0.25) is 0 Å². The number of nitrogen functional groups attached to an aromatic ring is 1. The van der Waals surface area contributed by atoms with Crippen molar-refractivity contribution in [1.29, 1.82) is 0 Å². The van der Waals surface area contributed by atoms with Crippen LogP contribution in [0.3, 0.4) is 0 Å². The maximum atomic E-state index is 12.8. The number of alkyl halides is 2. The van der Waals surface area contributed by atoms with Gasteiger partial charge < -0.3 is 11.5 Å². The summed E-state index contributed by atoms with van der Waals surface area (Å²) in [7, 11) is 0. The number of hydrogen-bond acceptors (Lipinski definition) is 3. The summed E-state index contributed by atoms with van der Waals surface area (Å²) in [5.41, 5.74) is 9.37. The fourth-order valence-corrected chi connectivity index (χ4v) is 0.861. The third-order valence-corrected chi connectivity index (χ3v) is 1.52. The molecule has 1 rings (SSSR count). The molecule has 72 valence electrons. The largest absolute Gasteiger partial charge is 0.395 e. The Labute approximate surface area is 72.6 Å². The molecule has 0 fully saturated rings. The molecule has 0 saturated carbocycles. The first-order valence-electron chi connectivity index (χ1n) is 3.49. The van der Waals surface area contributed by atoms with Gasteiger partial charge in [0.15, 0.2) is 0 Å². The predicted molar refractivity (Wildman–Crippen MR) is 41.5 cm³/mol. The molecule has 6 heteroatoms. The Morgan fingerprint density at radius 3 is 2.54 bits per heavy atom. The number of halogens is 3. The van der Waals surface area contributed by atoms with Crippen molar-refractivity contribution < 1.29 is 13.2 Å². The normalized spacial score (nSPS) is 10.8. The lowest BCUT2D eigenvalue weighted by Gasteiger charge is -2.06. The first-order valence-corrected chi connectivity index (χ1v) is 3.49. The Hall–Kier alpha value is -1.30. The first kappa shape index (κ1) is 9.79. The molecule has 1 heterocycles. The van der Waals surface area contributed by atoms with E-state index < -0.39 is 17.9 Å². The molecular formula is C7H8F3N3. The Kier molecular flexibility index (Phi) is 2.72. The van der Waals surface area contributed by atoms with Crippen LogP contribution >= 0.6 is 0 Å². The van der Waals surface area contributed by atoms with E-state index in [1.165, 1.54) is 0 Å². The van der Waals surface area contributed by atoms with Crippen molar-refractivity contribution >= 4 is 5.69 Å². The highest BCUT2D eigenvalue weighted by Gasteiger charge is 2.14. The van der Waals surface area contributed by atoms with E-state index in [9.17, 15) is 13.2 Å². The monoisotopic (exact) mass is 191 g/mol. The third kappa shape index (κ3) is 1.89. The van der Waals surface area contributed by atoms with E-state index in [-0.39, 0.29) is 17.9 Å². The molecule has 0 saturated heterocycles. The van der Waals surface area contributed by atoms with E-state index in [1.807, 2.05) is 0 Å². The fourth-order valence-electron chi connectivity index (χ4n) is 0.861. The molecule has 0 unspecified atom stereocenters. The van der Waals surface area contributed by atoms with Crippen LogP contribution in [0.5, 0.6) is 0 Å². The number of rotatable bonds is 2. The molecule has 4 N–H and O–H groups in total. The number of pyridine rings is 1. The van der Waals surface area contributed by atoms with Gasteiger partial charge in [-0.1, -0.05) is 0 Å². The minimum Gasteiger partial charge on any atom is -0.395 e. The molecule has 0 aliphatic rings. The second-order valence-corrected chi connectivity index (χ2v) is 2.39. The van der Waals surface area contributed by atoms with Crippen molar-refractivity contribution in [2.45, 2.75) is 13.0 Å². The molecule has 0 aliphatic carbocycles. The SMILES string of the molecule is NCc1nc(C(F)F)cc(F)c1N. The summed E-state index contributed by atoms with van der Waals surface area (Å²) in [5, 5.41) is 0. The molecule has 13 heavy (non-hydrogen) atoms. The standard InChI is InChI=1S/C7H8F3N3/c8-3-1-4(7(9)10)13-5(2-11)6(3)12/h1,7H,2,11-12H2. The van der Waals surface area contributed by atoms with Crippen molar-refractivity contribution in [1.82, 2.24) is 4.98 Å². The van der Waals surface area contributed by atoms with E-state index in [0.717, 1.165) is 0 Å². The predicted octanol–water partition coefficient (Wildman–Crippen LogP) is 1.20. The fraction of sp³-hybridized carbons (Fsp3) is 0.286. The zero-order valence-electron chi connectivity index (χ0n) is 6.60. The Morgan fingerprint density at radius 2 is 2.08 bits per heavy atom. The Balaban J connectivity index is 3.22. The van der Waals surface area contributed by atoms with Gasteiger partial charge in [-0.3, -0.25) is 0 Å². The van der Waals surface area contributed by atoms with Gasteiger partial charge in [0.05, 0.1) is 11.4 Å². The summed E-state index contributed by atoms with van der Waals surface area (Å²) in [6, 6.07) is 0.610. The van der Waals surface area contributed by atoms with Crippen LogP contribution in [0.4, 0.5) is 18.9 Å². The maximum absolute atomic E-state index is 12.8. The third-order valence-electron chi connectivity index (χ3n) is 1.52. The minimum atomic E-state index is -2.82. The zero-order chi connectivity index (χ0) is 10.0. The van der Waals surface area contributed by atoms with Crippen LogP contribution in [0.2, 0.25) is 0 Å². The van der Waals surface area contributed by atoms with Gasteiger partial charge in [-0.15, -0.1) is 0 Å². The van der Waals surface area contributed by atoms with Gasteiger partial charge in [-0.25, -0.2) is 18.2 Å². The highest BCUT2D eigenvalue weighted by molar-refractivity contribution is 5.45. The van der Waals surface area contributed by atoms with Crippen LogP contribution in [0.1, 0.15) is 17.8 Å². The molecule has 0 amide bonds. The first-order chi connectivity index (χ1) is 6.06. The van der Waals surface area contributed by atoms with E-state index in [0.29, 0.717) is 6.07 Å². The van der Waals surface area contributed by atoms with Gasteiger partial charge in [0, 0.05) is 12.6 Å². The second-order valence-electron chi connectivity index (χ2n) is 2.39. The molecular weight excluding hydrogens is 183 g/mol. The quantitative estimate of drug-likeness (QED) is 0.738. The second kappa shape index (κ2) is 3.61. The molecule has 0 atom stereocenters. The number of nitrogens with zero attached hydrogens (tertiary/aromatic N) is 1. The van der Waals surface area contributed by atoms with Gasteiger partial charge in [0.25, 0.3) is 6.43 Å². The lowest BCUT2D eigenvalue weighted by Crippen LogP contribution is -2.09. The molecule has 0 spiro atoms. The summed E-state index contributed by atoms with van der Waals surface area (Å²) in [5.74, 6) is -0.911. The van der Waals surface area contributed by atoms with Gasteiger partial charge in [0.1, 0.15) is 11.5 Å². The topological polar surface area (TPSA) is 64.9 Å². The van der Waals surface area contributed by atoms with Crippen molar-refractivity contribution in [3.8, 4) is 0 Å². The van der Waals surface area contributed by atoms with Crippen LogP contribution in [0.25, 0.3) is 0 Å². The van der Waals surface area contributed by atoms with E-state index in [1.54, 1.807) is 0 Å². The van der Waals surface area contributed by atoms with Crippen LogP contribution in [0.15, 0.2) is 6.07 Å². The molecule has 0 radical (unpaired) electrons. The molecule has 0 aliphatic heterocycles. The van der Waals surface area contributed by atoms with Crippen molar-refractivity contribution in [2.75, 3.05) is 5.73 Å². The Bertz CT molecular complexity index is 314. The average Bonchev–Trinajstić information content (AvgIpc) is 2.09. The van der Waals surface area contributed by atoms with Crippen molar-refractivity contribution in [3.63, 3.8) is 0 Å². The maximum Gasteiger partial charge on any atom is 0.280 e. The van der Waals surface area contributed by atoms with E-state index >= 15 is 0 Å². The van der Waals surface area contributed by atoms with Crippen LogP contribution in [-0.2, 0) is 6.54 Å². The number of nitrogens with two attached hydrogens (primary N) is 2. The van der Waals surface area contributed by atoms with Crippen molar-refractivity contribution in [3.05, 3.63) is 23.3 Å². The number of aromatic nitrogens is 1. The summed E-state index contributed by atoms with van der Waals surface area (Å²) >= 11 is 0. The van der Waals surface area contributed by atoms with Crippen molar-refractivity contribution in [2.24, 2.45) is 5.73 Å². The molecule has 0 aromatic carbocycles. The highest BCUT2D eigenvalue weighted by Crippen LogP contribution is 2.22. The molecule has 0 bridgehead atoms. The van der Waals surface area contributed by atoms with Gasteiger partial charge in [-0.05, 0) is 0 Å². The lowest BCUT2D eigenvalue weighted by atomic mass is 10.2. The zero-order valence-corrected chi connectivity index (χ0v) is 6.60. The Morgan fingerprint density at radius 1 is 1.46 bits per heavy atom. The number of anilines is 1. The number of hydrogen-bond donors (Lipinski definition) is 2. The lowest BCUT2D eigenvalue weighted by molar-refractivity contribution is 0.145. The van der Waals surface area contributed by atoms with Crippen LogP contribution in [0, 0.1) is 5.82 Å². The van der Waals surface area contributed by atoms with E-state index in [4.69, 9.17) is 11.5 Å². The molecule has 3 nitrogen and oxygen atoms in total. The summed E-state index contributed by atoms with van der Waals surface area (Å²) < 4.78 is 37.0. The molecule has 1 aromatic rings. The smallest absolute Gasteiger partial charge is 0.280 e. The summed E-state index contributed by atoms with van der Waals surface area (Å²) in [6.07, 6.45) is -2.82. The van der Waals surface area contributed by atoms with E-state index in [2.05, 4.69) is 4.98 Å². The minimum absolute atomic E-state index is 0.0460. The van der Waals surface area contributed by atoms with Crippen LogP contribution in [-0.4, -0.2) is 4.98 Å². The van der Waals surface area contributed by atoms with Crippen LogP contribution < -0.4 is 11.5 Å². The average molecular weight is 191 g/mol. The van der Waals surface area contributed by atoms with Gasteiger partial charge >= 0.3 is 0 Å². The van der Waals surface area contributed by atoms with Gasteiger partial charge in [-0.2, -0.15) is 0 Å². The molecule has 1 aromatic heterocycles. The summed E-state index contributed by atoms with van der Waals surface area (Å²) in [6.45, 7) is -0.163. The highest BCUT2D eigenvalue weighted by atomic mass is 19.3. The summed E-state index contributed by atoms with van der Waals surface area (Å²) in [4.78, 5) is 3.41.